The molecule has 0 saturated carbocycles. The van der Waals surface area contributed by atoms with Crippen LogP contribution < -0.4 is 10.1 Å². The Kier molecular flexibility index (Phi) is 6.15. The lowest BCUT2D eigenvalue weighted by atomic mass is 10.0. The van der Waals surface area contributed by atoms with Crippen LogP contribution in [0.15, 0.2) is 53.7 Å². The van der Waals surface area contributed by atoms with Gasteiger partial charge in [-0.3, -0.25) is 14.6 Å². The fourth-order valence-electron chi connectivity index (χ4n) is 3.23. The number of fused-ring (bicyclic) bond motifs is 1. The van der Waals surface area contributed by atoms with Crippen molar-refractivity contribution in [2.45, 2.75) is 24.3 Å². The zero-order valence-corrected chi connectivity index (χ0v) is 17.8. The minimum atomic E-state index is -0.344. The summed E-state index contributed by atoms with van der Waals surface area (Å²) in [5.41, 5.74) is 1.41. The molecule has 0 fully saturated rings. The molecule has 3 aromatic rings. The monoisotopic (exact) mass is 442 g/mol. The van der Waals surface area contributed by atoms with Crippen molar-refractivity contribution in [1.29, 1.82) is 0 Å². The number of pyridine rings is 1. The smallest absolute Gasteiger partial charge is 0.230 e. The average Bonchev–Trinajstić information content (AvgIpc) is 3.38. The topological polar surface area (TPSA) is 68.3 Å². The Hall–Kier alpha value is -2.71. The van der Waals surface area contributed by atoms with Gasteiger partial charge in [-0.1, -0.05) is 0 Å². The number of Topliss-reactive ketones (excluding diaryl/α,β-unsaturated/α-hetero) is 1. The van der Waals surface area contributed by atoms with Gasteiger partial charge in [0.25, 0.3) is 0 Å². The molecular weight excluding hydrogens is 423 g/mol. The number of hydrogen-bond donors (Lipinski definition) is 1. The van der Waals surface area contributed by atoms with E-state index in [4.69, 9.17) is 4.74 Å². The summed E-state index contributed by atoms with van der Waals surface area (Å²) in [6, 6.07) is 10.2. The van der Waals surface area contributed by atoms with Crippen LogP contribution in [0.5, 0.6) is 5.75 Å². The van der Waals surface area contributed by atoms with Crippen molar-refractivity contribution < 1.29 is 18.7 Å². The minimum absolute atomic E-state index is 0.0227. The van der Waals surface area contributed by atoms with E-state index in [1.807, 2.05) is 18.2 Å². The number of amides is 1. The van der Waals surface area contributed by atoms with Crippen molar-refractivity contribution in [3.63, 3.8) is 0 Å². The number of ketones is 1. The van der Waals surface area contributed by atoms with Crippen LogP contribution in [0.3, 0.4) is 0 Å². The Balaban J connectivity index is 1.39. The van der Waals surface area contributed by atoms with Crippen molar-refractivity contribution in [1.82, 2.24) is 10.3 Å². The minimum Gasteiger partial charge on any atom is -0.487 e. The molecule has 1 aliphatic rings. The van der Waals surface area contributed by atoms with Crippen LogP contribution in [0.25, 0.3) is 10.4 Å². The second-order valence-corrected chi connectivity index (χ2v) is 9.01. The molecule has 1 amide bonds. The van der Waals surface area contributed by atoms with E-state index in [2.05, 4.69) is 10.3 Å². The SMILES string of the molecule is CC(=O)c1ccc(-c2cc(F)cc3c2O[C@H](CNC(=O)CSc2ccncc2)C3)s1. The summed E-state index contributed by atoms with van der Waals surface area (Å²) in [4.78, 5) is 30.1. The van der Waals surface area contributed by atoms with Gasteiger partial charge in [0.2, 0.25) is 5.91 Å². The molecule has 30 heavy (non-hydrogen) atoms. The van der Waals surface area contributed by atoms with Crippen LogP contribution in [0.4, 0.5) is 4.39 Å². The highest BCUT2D eigenvalue weighted by atomic mass is 32.2. The molecule has 1 aliphatic heterocycles. The van der Waals surface area contributed by atoms with Crippen molar-refractivity contribution in [3.8, 4) is 16.2 Å². The molecule has 0 bridgehead atoms. The number of rotatable bonds is 7. The normalized spacial score (nSPS) is 14.8. The van der Waals surface area contributed by atoms with Crippen LogP contribution in [0.1, 0.15) is 22.2 Å². The summed E-state index contributed by atoms with van der Waals surface area (Å²) >= 11 is 2.76. The van der Waals surface area contributed by atoms with Crippen molar-refractivity contribution in [2.24, 2.45) is 0 Å². The Bertz CT molecular complexity index is 1090. The summed E-state index contributed by atoms with van der Waals surface area (Å²) in [5.74, 6) is 0.465. The van der Waals surface area contributed by atoms with E-state index < -0.39 is 0 Å². The summed E-state index contributed by atoms with van der Waals surface area (Å²) in [7, 11) is 0. The van der Waals surface area contributed by atoms with E-state index in [1.165, 1.54) is 42.2 Å². The third-order valence-corrected chi connectivity index (χ3v) is 6.86. The standard InChI is InChI=1S/C22H19FN2O3S2/c1-13(26)19-2-3-20(30-19)18-10-15(23)8-14-9-16(28-22(14)18)11-25-21(27)12-29-17-4-6-24-7-5-17/h2-8,10,16H,9,11-12H2,1H3,(H,25,27)/t16-/m0/s1. The summed E-state index contributed by atoms with van der Waals surface area (Å²) < 4.78 is 20.2. The third kappa shape index (κ3) is 4.71. The van der Waals surface area contributed by atoms with E-state index in [0.717, 1.165) is 15.3 Å². The molecule has 0 aliphatic carbocycles. The zero-order chi connectivity index (χ0) is 21.1. The lowest BCUT2D eigenvalue weighted by Crippen LogP contribution is -2.35. The first-order valence-corrected chi connectivity index (χ1v) is 11.2. The average molecular weight is 443 g/mol. The second-order valence-electron chi connectivity index (χ2n) is 6.88. The molecule has 2 aromatic heterocycles. The Morgan fingerprint density at radius 2 is 2.07 bits per heavy atom. The second kappa shape index (κ2) is 8.97. The quantitative estimate of drug-likeness (QED) is 0.435. The van der Waals surface area contributed by atoms with E-state index in [0.29, 0.717) is 34.9 Å². The maximum atomic E-state index is 14.2. The molecule has 1 aromatic carbocycles. The molecule has 3 heterocycles. The van der Waals surface area contributed by atoms with E-state index in [1.54, 1.807) is 18.5 Å². The maximum Gasteiger partial charge on any atom is 0.230 e. The third-order valence-electron chi connectivity index (χ3n) is 4.63. The fourth-order valence-corrected chi connectivity index (χ4v) is 4.85. The molecule has 4 rings (SSSR count). The predicted octanol–water partition coefficient (Wildman–Crippen LogP) is 4.36. The molecule has 0 saturated heterocycles. The number of nitrogens with zero attached hydrogens (tertiary/aromatic N) is 1. The van der Waals surface area contributed by atoms with E-state index in [-0.39, 0.29) is 23.6 Å². The molecule has 0 radical (unpaired) electrons. The molecule has 0 spiro atoms. The Morgan fingerprint density at radius 1 is 1.27 bits per heavy atom. The Labute approximate surface area is 181 Å². The van der Waals surface area contributed by atoms with Gasteiger partial charge in [0.15, 0.2) is 5.78 Å². The van der Waals surface area contributed by atoms with Crippen LogP contribution in [0.2, 0.25) is 0 Å². The van der Waals surface area contributed by atoms with Gasteiger partial charge in [0, 0.05) is 39.7 Å². The fraction of sp³-hybridized carbons (Fsp3) is 0.227. The first kappa shape index (κ1) is 20.6. The van der Waals surface area contributed by atoms with Crippen molar-refractivity contribution in [3.05, 3.63) is 65.0 Å². The highest BCUT2D eigenvalue weighted by molar-refractivity contribution is 8.00. The number of thiophene rings is 1. The molecule has 154 valence electrons. The van der Waals surface area contributed by atoms with Gasteiger partial charge in [-0.15, -0.1) is 23.1 Å². The molecular formula is C22H19FN2O3S2. The van der Waals surface area contributed by atoms with Crippen LogP contribution >= 0.6 is 23.1 Å². The number of nitrogens with one attached hydrogen (secondary N) is 1. The van der Waals surface area contributed by atoms with Gasteiger partial charge in [-0.2, -0.15) is 0 Å². The van der Waals surface area contributed by atoms with Crippen molar-refractivity contribution in [2.75, 3.05) is 12.3 Å². The van der Waals surface area contributed by atoms with E-state index in [9.17, 15) is 14.0 Å². The molecule has 0 unspecified atom stereocenters. The molecule has 5 nitrogen and oxygen atoms in total. The largest absolute Gasteiger partial charge is 0.487 e. The number of hydrogen-bond acceptors (Lipinski definition) is 6. The Morgan fingerprint density at radius 3 is 2.80 bits per heavy atom. The molecule has 1 atom stereocenters. The zero-order valence-electron chi connectivity index (χ0n) is 16.2. The number of halogens is 1. The van der Waals surface area contributed by atoms with Gasteiger partial charge in [-0.25, -0.2) is 4.39 Å². The first-order chi connectivity index (χ1) is 14.5. The van der Waals surface area contributed by atoms with Gasteiger partial charge >= 0.3 is 0 Å². The first-order valence-electron chi connectivity index (χ1n) is 9.39. The number of ether oxygens (including phenoxy) is 1. The number of aromatic nitrogens is 1. The van der Waals surface area contributed by atoms with Gasteiger partial charge in [-0.05, 0) is 43.3 Å². The summed E-state index contributed by atoms with van der Waals surface area (Å²) in [5, 5.41) is 2.89. The van der Waals surface area contributed by atoms with Crippen LogP contribution in [-0.2, 0) is 11.2 Å². The van der Waals surface area contributed by atoms with Crippen LogP contribution in [-0.4, -0.2) is 35.1 Å². The number of carbonyl (C=O) groups is 2. The molecule has 1 N–H and O–H groups in total. The van der Waals surface area contributed by atoms with Gasteiger partial charge in [0.05, 0.1) is 17.2 Å². The predicted molar refractivity (Wildman–Crippen MR) is 116 cm³/mol. The molecule has 8 heteroatoms. The van der Waals surface area contributed by atoms with E-state index >= 15 is 0 Å². The van der Waals surface area contributed by atoms with Gasteiger partial charge < -0.3 is 10.1 Å². The lowest BCUT2D eigenvalue weighted by Gasteiger charge is -2.13. The van der Waals surface area contributed by atoms with Crippen molar-refractivity contribution >= 4 is 34.8 Å². The summed E-state index contributed by atoms with van der Waals surface area (Å²) in [6.07, 6.45) is 3.63. The lowest BCUT2D eigenvalue weighted by molar-refractivity contribution is -0.118. The summed E-state index contributed by atoms with van der Waals surface area (Å²) in [6.45, 7) is 1.85. The number of benzene rings is 1. The highest BCUT2D eigenvalue weighted by Crippen LogP contribution is 2.42. The maximum absolute atomic E-state index is 14.2. The highest BCUT2D eigenvalue weighted by Gasteiger charge is 2.28. The number of carbonyl (C=O) groups excluding carboxylic acids is 2. The number of thioether (sulfide) groups is 1. The van der Waals surface area contributed by atoms with Crippen LogP contribution in [0, 0.1) is 5.82 Å². The van der Waals surface area contributed by atoms with Gasteiger partial charge in [0.1, 0.15) is 17.7 Å².